The van der Waals surface area contributed by atoms with Crippen molar-refractivity contribution >= 4 is 0 Å². The molecule has 260 valence electrons. The lowest BCUT2D eigenvalue weighted by Gasteiger charge is -2.49. The minimum Gasteiger partial charge on any atom is -0.392 e. The van der Waals surface area contributed by atoms with Gasteiger partial charge in [-0.25, -0.2) is 0 Å². The maximum atomic E-state index is 11.7. The molecule has 0 spiro atoms. The topological polar surface area (TPSA) is 107 Å². The molecule has 5 fully saturated rings. The highest BCUT2D eigenvalue weighted by atomic mass is 16.6. The van der Waals surface area contributed by atoms with E-state index in [9.17, 15) is 15.3 Å². The van der Waals surface area contributed by atoms with Crippen LogP contribution in [0.15, 0.2) is 48.1 Å². The Bertz CT molecular complexity index is 1120. The van der Waals surface area contributed by atoms with Crippen LogP contribution in [0.2, 0.25) is 0 Å². The number of rotatable bonds is 9. The summed E-state index contributed by atoms with van der Waals surface area (Å²) in [4.78, 5) is 0. The monoisotopic (exact) mass is 644 g/mol. The van der Waals surface area contributed by atoms with Gasteiger partial charge in [-0.1, -0.05) is 55.0 Å². The van der Waals surface area contributed by atoms with Gasteiger partial charge < -0.3 is 39.0 Å². The van der Waals surface area contributed by atoms with Crippen LogP contribution in [0.3, 0.4) is 0 Å². The van der Waals surface area contributed by atoms with E-state index in [4.69, 9.17) is 23.7 Å². The number of aliphatic hydroxyl groups is 3. The quantitative estimate of drug-likeness (QED) is 0.267. The van der Waals surface area contributed by atoms with Gasteiger partial charge in [-0.15, -0.1) is 0 Å². The van der Waals surface area contributed by atoms with Gasteiger partial charge in [-0.05, 0) is 91.4 Å². The minimum atomic E-state index is -0.714. The molecule has 3 N–H and O–H groups in total. The number of allylic oxidation sites excluding steroid dienone is 6. The van der Waals surface area contributed by atoms with E-state index < -0.39 is 29.5 Å². The lowest BCUT2D eigenvalue weighted by atomic mass is 9.79. The van der Waals surface area contributed by atoms with Gasteiger partial charge in [0.1, 0.15) is 6.10 Å². The molecule has 5 rings (SSSR count). The molecule has 13 unspecified atom stereocenters. The summed E-state index contributed by atoms with van der Waals surface area (Å²) in [5.41, 5.74) is 1.10. The summed E-state index contributed by atoms with van der Waals surface area (Å²) in [5, 5.41) is 31.8. The van der Waals surface area contributed by atoms with E-state index >= 15 is 0 Å². The SMILES string of the molecule is C=C/C=C\CCC1OC2CCC3(C)OC4C(O)CC5(C)OC(CC/C=C(C)/C(C)=C/CO)C(C)CC5OC4CC3OC2CCC1O. The fourth-order valence-electron chi connectivity index (χ4n) is 8.47. The van der Waals surface area contributed by atoms with Crippen molar-refractivity contribution in [1.29, 1.82) is 0 Å². The molecule has 0 aliphatic carbocycles. The van der Waals surface area contributed by atoms with Gasteiger partial charge in [0.05, 0.1) is 72.7 Å². The Morgan fingerprint density at radius 1 is 0.804 bits per heavy atom. The summed E-state index contributed by atoms with van der Waals surface area (Å²) in [5.74, 6) is 0.314. The Labute approximate surface area is 276 Å². The van der Waals surface area contributed by atoms with Gasteiger partial charge in [0, 0.05) is 12.8 Å². The summed E-state index contributed by atoms with van der Waals surface area (Å²) in [6.45, 7) is 14.4. The van der Waals surface area contributed by atoms with E-state index in [2.05, 4.69) is 46.4 Å². The summed E-state index contributed by atoms with van der Waals surface area (Å²) in [6, 6.07) is 0. The van der Waals surface area contributed by atoms with Crippen molar-refractivity contribution in [2.75, 3.05) is 6.61 Å². The van der Waals surface area contributed by atoms with Crippen LogP contribution in [0.1, 0.15) is 105 Å². The first kappa shape index (κ1) is 35.9. The fourth-order valence-corrected chi connectivity index (χ4v) is 8.47. The maximum Gasteiger partial charge on any atom is 0.111 e. The van der Waals surface area contributed by atoms with E-state index in [0.29, 0.717) is 25.2 Å². The standard InChI is InChI=1S/C38H60O8/c1-7-8-9-10-13-30-27(40)15-16-31-32(42-30)17-19-37(5)35(43-31)22-33-36(46-37)28(41)23-38(6)34(44-33)21-26(4)29(45-38)14-11-12-24(2)25(3)18-20-39/h7-9,12,18,26-36,39-41H,1,10-11,13-17,19-23H2,2-6H3/b9-8-,24-12+,25-18+. The lowest BCUT2D eigenvalue weighted by molar-refractivity contribution is -0.273. The first-order chi connectivity index (χ1) is 22.0. The Hall–Kier alpha value is -1.36. The third-order valence-corrected chi connectivity index (χ3v) is 11.6. The zero-order valence-corrected chi connectivity index (χ0v) is 28.8. The van der Waals surface area contributed by atoms with Crippen LogP contribution in [0.5, 0.6) is 0 Å². The molecule has 0 aromatic carbocycles. The normalized spacial score (nSPS) is 45.4. The predicted octanol–water partition coefficient (Wildman–Crippen LogP) is 5.88. The highest BCUT2D eigenvalue weighted by Crippen LogP contribution is 2.48. The van der Waals surface area contributed by atoms with Crippen molar-refractivity contribution in [3.8, 4) is 0 Å². The first-order valence-electron chi connectivity index (χ1n) is 17.9. The average molecular weight is 645 g/mol. The van der Waals surface area contributed by atoms with Crippen LogP contribution < -0.4 is 0 Å². The second-order valence-corrected chi connectivity index (χ2v) is 15.1. The molecule has 13 atom stereocenters. The van der Waals surface area contributed by atoms with Crippen LogP contribution in [-0.4, -0.2) is 94.2 Å². The van der Waals surface area contributed by atoms with Gasteiger partial charge in [0.2, 0.25) is 0 Å². The van der Waals surface area contributed by atoms with E-state index in [1.165, 1.54) is 5.57 Å². The summed E-state index contributed by atoms with van der Waals surface area (Å²) >= 11 is 0. The van der Waals surface area contributed by atoms with Crippen molar-refractivity contribution in [1.82, 2.24) is 0 Å². The maximum absolute atomic E-state index is 11.7. The smallest absolute Gasteiger partial charge is 0.111 e. The summed E-state index contributed by atoms with van der Waals surface area (Å²) in [6.07, 6.45) is 15.4. The molecule has 8 nitrogen and oxygen atoms in total. The Morgan fingerprint density at radius 3 is 2.26 bits per heavy atom. The van der Waals surface area contributed by atoms with Crippen molar-refractivity contribution in [2.24, 2.45) is 5.92 Å². The van der Waals surface area contributed by atoms with Crippen LogP contribution in [0.25, 0.3) is 0 Å². The molecule has 5 saturated heterocycles. The van der Waals surface area contributed by atoms with E-state index in [0.717, 1.165) is 56.9 Å². The van der Waals surface area contributed by atoms with Gasteiger partial charge in [-0.2, -0.15) is 0 Å². The van der Waals surface area contributed by atoms with Gasteiger partial charge >= 0.3 is 0 Å². The van der Waals surface area contributed by atoms with Crippen LogP contribution in [-0.2, 0) is 23.7 Å². The number of fused-ring (bicyclic) bond motifs is 4. The number of aliphatic hydroxyl groups excluding tert-OH is 3. The predicted molar refractivity (Wildman–Crippen MR) is 178 cm³/mol. The van der Waals surface area contributed by atoms with Crippen LogP contribution in [0.4, 0.5) is 0 Å². The summed E-state index contributed by atoms with van der Waals surface area (Å²) < 4.78 is 34.0. The molecular weight excluding hydrogens is 584 g/mol. The number of hydrogen-bond acceptors (Lipinski definition) is 8. The molecule has 46 heavy (non-hydrogen) atoms. The molecule has 5 heterocycles. The Balaban J connectivity index is 1.25. The summed E-state index contributed by atoms with van der Waals surface area (Å²) in [7, 11) is 0. The van der Waals surface area contributed by atoms with Gasteiger partial charge in [0.15, 0.2) is 0 Å². The first-order valence-corrected chi connectivity index (χ1v) is 17.9. The fraction of sp³-hybridized carbons (Fsp3) is 0.789. The van der Waals surface area contributed by atoms with Crippen molar-refractivity contribution in [3.05, 3.63) is 48.1 Å². The van der Waals surface area contributed by atoms with Gasteiger partial charge in [-0.3, -0.25) is 0 Å². The molecule has 0 radical (unpaired) electrons. The average Bonchev–Trinajstić information content (AvgIpc) is 3.29. The molecule has 0 aromatic heterocycles. The molecule has 0 saturated carbocycles. The molecule has 0 amide bonds. The molecule has 8 heteroatoms. The Morgan fingerprint density at radius 2 is 1.50 bits per heavy atom. The minimum absolute atomic E-state index is 0.0504. The lowest BCUT2D eigenvalue weighted by Crippen LogP contribution is -2.59. The second kappa shape index (κ2) is 15.5. The Kier molecular flexibility index (Phi) is 12.1. The molecule has 5 aliphatic rings. The van der Waals surface area contributed by atoms with E-state index in [1.54, 1.807) is 6.08 Å². The van der Waals surface area contributed by atoms with Crippen molar-refractivity contribution < 1.29 is 39.0 Å². The number of ether oxygens (including phenoxy) is 5. The highest BCUT2D eigenvalue weighted by Gasteiger charge is 2.58. The van der Waals surface area contributed by atoms with Crippen LogP contribution >= 0.6 is 0 Å². The van der Waals surface area contributed by atoms with Gasteiger partial charge in [0.25, 0.3) is 0 Å². The van der Waals surface area contributed by atoms with Crippen LogP contribution in [0, 0.1) is 5.92 Å². The van der Waals surface area contributed by atoms with E-state index in [-0.39, 0.29) is 49.3 Å². The molecule has 0 bridgehead atoms. The third kappa shape index (κ3) is 8.08. The number of hydrogen-bond donors (Lipinski definition) is 3. The zero-order chi connectivity index (χ0) is 33.1. The zero-order valence-electron chi connectivity index (χ0n) is 28.8. The second-order valence-electron chi connectivity index (χ2n) is 15.1. The van der Waals surface area contributed by atoms with Crippen molar-refractivity contribution in [2.45, 2.75) is 177 Å². The largest absolute Gasteiger partial charge is 0.392 e. The molecule has 0 aromatic rings. The van der Waals surface area contributed by atoms with Crippen molar-refractivity contribution in [3.63, 3.8) is 0 Å². The molecular formula is C38H60O8. The molecule has 5 aliphatic heterocycles. The highest BCUT2D eigenvalue weighted by molar-refractivity contribution is 5.26. The van der Waals surface area contributed by atoms with E-state index in [1.807, 2.05) is 19.1 Å². The third-order valence-electron chi connectivity index (χ3n) is 11.6.